The zero-order chi connectivity index (χ0) is 22.4. The first-order valence-electron chi connectivity index (χ1n) is 9.89. The quantitative estimate of drug-likeness (QED) is 0.419. The van der Waals surface area contributed by atoms with Crippen molar-refractivity contribution in [2.45, 2.75) is 31.1 Å². The molecule has 0 fully saturated rings. The molecule has 2 aromatic carbocycles. The number of hydrogen-bond donors (Lipinski definition) is 1. The van der Waals surface area contributed by atoms with Crippen LogP contribution in [-0.4, -0.2) is 45.4 Å². The van der Waals surface area contributed by atoms with Crippen molar-refractivity contribution in [2.75, 3.05) is 25.2 Å². The van der Waals surface area contributed by atoms with E-state index >= 15 is 0 Å². The Morgan fingerprint density at radius 3 is 2.42 bits per heavy atom. The predicted molar refractivity (Wildman–Crippen MR) is 128 cm³/mol. The highest BCUT2D eigenvalue weighted by molar-refractivity contribution is 7.99. The number of benzene rings is 2. The van der Waals surface area contributed by atoms with Gasteiger partial charge in [0.15, 0.2) is 11.0 Å². The molecule has 1 heterocycles. The van der Waals surface area contributed by atoms with E-state index in [0.29, 0.717) is 27.4 Å². The number of nitrogens with zero attached hydrogens (tertiary/aromatic N) is 4. The average molecular weight is 478 g/mol. The molecule has 0 saturated carbocycles. The number of carbonyl (C=O) groups is 1. The Hall–Kier alpha value is -2.06. The van der Waals surface area contributed by atoms with Crippen LogP contribution >= 0.6 is 35.0 Å². The minimum Gasteiger partial charge on any atom is -0.325 e. The molecule has 1 N–H and O–H groups in total. The molecular weight excluding hydrogens is 453 g/mol. The maximum atomic E-state index is 12.5. The Morgan fingerprint density at radius 1 is 1.13 bits per heavy atom. The number of thioether (sulfide) groups is 1. The monoisotopic (exact) mass is 477 g/mol. The van der Waals surface area contributed by atoms with Crippen molar-refractivity contribution < 1.29 is 4.79 Å². The van der Waals surface area contributed by atoms with Crippen LogP contribution in [0.1, 0.15) is 30.8 Å². The van der Waals surface area contributed by atoms with E-state index in [4.69, 9.17) is 23.2 Å². The van der Waals surface area contributed by atoms with Gasteiger partial charge >= 0.3 is 0 Å². The van der Waals surface area contributed by atoms with Gasteiger partial charge < -0.3 is 9.88 Å². The summed E-state index contributed by atoms with van der Waals surface area (Å²) in [6.45, 7) is 2.77. The van der Waals surface area contributed by atoms with Gasteiger partial charge in [0.2, 0.25) is 5.91 Å². The summed E-state index contributed by atoms with van der Waals surface area (Å²) in [5.74, 6) is 0.912. The lowest BCUT2D eigenvalue weighted by Crippen LogP contribution is -2.23. The number of halogens is 2. The molecule has 0 unspecified atom stereocenters. The summed E-state index contributed by atoms with van der Waals surface area (Å²) in [7, 11) is 4.07. The van der Waals surface area contributed by atoms with Crippen LogP contribution < -0.4 is 5.32 Å². The van der Waals surface area contributed by atoms with Gasteiger partial charge in [-0.1, -0.05) is 72.2 Å². The molecule has 0 radical (unpaired) electrons. The fourth-order valence-corrected chi connectivity index (χ4v) is 4.57. The molecule has 9 heteroatoms. The van der Waals surface area contributed by atoms with Crippen LogP contribution in [0.4, 0.5) is 5.69 Å². The molecule has 0 aliphatic heterocycles. The Morgan fingerprint density at radius 2 is 1.81 bits per heavy atom. The van der Waals surface area contributed by atoms with E-state index < -0.39 is 0 Å². The van der Waals surface area contributed by atoms with E-state index in [9.17, 15) is 4.79 Å². The van der Waals surface area contributed by atoms with Crippen molar-refractivity contribution in [3.63, 3.8) is 0 Å². The summed E-state index contributed by atoms with van der Waals surface area (Å²) < 4.78 is 2.09. The maximum Gasteiger partial charge on any atom is 0.234 e. The third kappa shape index (κ3) is 6.46. The van der Waals surface area contributed by atoms with Crippen LogP contribution in [0, 0.1) is 0 Å². The van der Waals surface area contributed by atoms with Gasteiger partial charge in [0.25, 0.3) is 0 Å². The normalized spacial score (nSPS) is 12.2. The second kappa shape index (κ2) is 11.0. The minimum atomic E-state index is -0.168. The standard InChI is InChI=1S/C22H25Cl2N5OS/c1-4-19(28(2)3)21-26-27-22(29(21)13-15-8-6-5-7-9-15)31-14-20(30)25-18-11-16(23)10-17(24)12-18/h5-12,19H,4,13-14H2,1-3H3,(H,25,30)/t19-/m0/s1. The highest BCUT2D eigenvalue weighted by Crippen LogP contribution is 2.27. The van der Waals surface area contributed by atoms with E-state index in [2.05, 4.69) is 44.0 Å². The summed E-state index contributed by atoms with van der Waals surface area (Å²) in [4.78, 5) is 14.6. The Labute approximate surface area is 196 Å². The molecule has 3 aromatic rings. The molecule has 164 valence electrons. The molecule has 31 heavy (non-hydrogen) atoms. The van der Waals surface area contributed by atoms with Crippen LogP contribution in [0.15, 0.2) is 53.7 Å². The highest BCUT2D eigenvalue weighted by Gasteiger charge is 2.22. The van der Waals surface area contributed by atoms with Gasteiger partial charge in [-0.3, -0.25) is 9.69 Å². The lowest BCUT2D eigenvalue weighted by Gasteiger charge is -2.23. The molecule has 1 amide bonds. The fraction of sp³-hybridized carbons (Fsp3) is 0.318. The maximum absolute atomic E-state index is 12.5. The van der Waals surface area contributed by atoms with Crippen LogP contribution in [0.3, 0.4) is 0 Å². The van der Waals surface area contributed by atoms with Crippen LogP contribution in [0.5, 0.6) is 0 Å². The number of anilines is 1. The molecule has 0 aliphatic rings. The third-order valence-corrected chi connectivity index (χ3v) is 6.12. The first-order valence-corrected chi connectivity index (χ1v) is 11.6. The molecule has 1 aromatic heterocycles. The van der Waals surface area contributed by atoms with Gasteiger partial charge in [-0.15, -0.1) is 10.2 Å². The van der Waals surface area contributed by atoms with Crippen molar-refractivity contribution in [1.29, 1.82) is 0 Å². The van der Waals surface area contributed by atoms with Gasteiger partial charge in [-0.2, -0.15) is 0 Å². The second-order valence-electron chi connectivity index (χ2n) is 7.30. The number of hydrogen-bond acceptors (Lipinski definition) is 5. The van der Waals surface area contributed by atoms with Crippen LogP contribution in [0.2, 0.25) is 10.0 Å². The minimum absolute atomic E-state index is 0.132. The molecule has 0 bridgehead atoms. The third-order valence-electron chi connectivity index (χ3n) is 4.72. The smallest absolute Gasteiger partial charge is 0.234 e. The van der Waals surface area contributed by atoms with Crippen molar-refractivity contribution in [1.82, 2.24) is 19.7 Å². The first kappa shape index (κ1) is 23.6. The molecule has 1 atom stereocenters. The highest BCUT2D eigenvalue weighted by atomic mass is 35.5. The van der Waals surface area contributed by atoms with E-state index in [0.717, 1.165) is 17.8 Å². The molecule has 0 aliphatic carbocycles. The zero-order valence-electron chi connectivity index (χ0n) is 17.7. The average Bonchev–Trinajstić information content (AvgIpc) is 3.09. The SMILES string of the molecule is CC[C@@H](c1nnc(SCC(=O)Nc2cc(Cl)cc(Cl)c2)n1Cc1ccccc1)N(C)C. The summed E-state index contributed by atoms with van der Waals surface area (Å²) in [6.07, 6.45) is 0.903. The van der Waals surface area contributed by atoms with Gasteiger partial charge in [0.05, 0.1) is 18.3 Å². The van der Waals surface area contributed by atoms with E-state index in [-0.39, 0.29) is 17.7 Å². The summed E-state index contributed by atoms with van der Waals surface area (Å²) in [5, 5.41) is 13.3. The van der Waals surface area contributed by atoms with Gasteiger partial charge in [-0.05, 0) is 44.3 Å². The van der Waals surface area contributed by atoms with Crippen molar-refractivity contribution in [2.24, 2.45) is 0 Å². The molecule has 0 saturated heterocycles. The second-order valence-corrected chi connectivity index (χ2v) is 9.11. The Balaban J connectivity index is 1.78. The largest absolute Gasteiger partial charge is 0.325 e. The molecule has 3 rings (SSSR count). The number of aromatic nitrogens is 3. The van der Waals surface area contributed by atoms with E-state index in [1.807, 2.05) is 32.3 Å². The lowest BCUT2D eigenvalue weighted by atomic mass is 10.2. The van der Waals surface area contributed by atoms with Crippen molar-refractivity contribution in [3.05, 3.63) is 70.0 Å². The van der Waals surface area contributed by atoms with Gasteiger partial charge in [-0.25, -0.2) is 0 Å². The number of nitrogens with one attached hydrogen (secondary N) is 1. The number of amides is 1. The summed E-state index contributed by atoms with van der Waals surface area (Å²) in [5.41, 5.74) is 1.71. The van der Waals surface area contributed by atoms with Gasteiger partial charge in [0, 0.05) is 15.7 Å². The summed E-state index contributed by atoms with van der Waals surface area (Å²) in [6, 6.07) is 15.2. The number of carbonyl (C=O) groups excluding carboxylic acids is 1. The topological polar surface area (TPSA) is 63.1 Å². The van der Waals surface area contributed by atoms with Gasteiger partial charge in [0.1, 0.15) is 0 Å². The van der Waals surface area contributed by atoms with E-state index in [1.54, 1.807) is 18.2 Å². The van der Waals surface area contributed by atoms with Crippen LogP contribution in [0.25, 0.3) is 0 Å². The Kier molecular flexibility index (Phi) is 8.37. The lowest BCUT2D eigenvalue weighted by molar-refractivity contribution is -0.113. The first-order chi connectivity index (χ1) is 14.9. The molecular formula is C22H25Cl2N5OS. The summed E-state index contributed by atoms with van der Waals surface area (Å²) >= 11 is 13.4. The predicted octanol–water partition coefficient (Wildman–Crippen LogP) is 5.38. The van der Waals surface area contributed by atoms with E-state index in [1.165, 1.54) is 11.8 Å². The number of rotatable bonds is 9. The fourth-order valence-electron chi connectivity index (χ4n) is 3.30. The molecule has 6 nitrogen and oxygen atoms in total. The van der Waals surface area contributed by atoms with Crippen molar-refractivity contribution >= 4 is 46.6 Å². The van der Waals surface area contributed by atoms with Crippen LogP contribution in [-0.2, 0) is 11.3 Å². The molecule has 0 spiro atoms. The Bertz CT molecular complexity index is 1010. The zero-order valence-corrected chi connectivity index (χ0v) is 20.0. The van der Waals surface area contributed by atoms with Crippen molar-refractivity contribution in [3.8, 4) is 0 Å².